The molecule has 5 nitrogen and oxygen atoms in total. The minimum absolute atomic E-state index is 0.384. The summed E-state index contributed by atoms with van der Waals surface area (Å²) >= 11 is 1.43. The lowest BCUT2D eigenvalue weighted by molar-refractivity contribution is -0.142. The second kappa shape index (κ2) is 6.15. The largest absolute Gasteiger partial charge is 0.481 e. The van der Waals surface area contributed by atoms with Crippen LogP contribution in [0.4, 0.5) is 5.13 Å². The number of methoxy groups -OCH3 is 1. The van der Waals surface area contributed by atoms with E-state index in [0.717, 1.165) is 11.7 Å². The zero-order chi connectivity index (χ0) is 13.8. The van der Waals surface area contributed by atoms with E-state index in [9.17, 15) is 4.79 Å². The Balaban J connectivity index is 2.61. The highest BCUT2D eigenvalue weighted by Gasteiger charge is 2.32. The third-order valence-electron chi connectivity index (χ3n) is 2.73. The fraction of sp³-hybridized carbons (Fsp3) is 0.667. The molecule has 0 fully saturated rings. The summed E-state index contributed by atoms with van der Waals surface area (Å²) in [6.07, 6.45) is 0. The second-order valence-corrected chi connectivity index (χ2v) is 5.77. The fourth-order valence-electron chi connectivity index (χ4n) is 1.36. The average Bonchev–Trinajstić information content (AvgIpc) is 2.75. The number of aliphatic carboxylic acids is 1. The summed E-state index contributed by atoms with van der Waals surface area (Å²) in [6, 6.07) is 0. The van der Waals surface area contributed by atoms with Crippen molar-refractivity contribution >= 4 is 22.4 Å². The minimum atomic E-state index is -0.950. The Morgan fingerprint density at radius 1 is 1.67 bits per heavy atom. The second-order valence-electron chi connectivity index (χ2n) is 4.91. The van der Waals surface area contributed by atoms with Crippen molar-refractivity contribution in [3.63, 3.8) is 0 Å². The van der Waals surface area contributed by atoms with Gasteiger partial charge in [0.15, 0.2) is 5.13 Å². The average molecular weight is 272 g/mol. The fourth-order valence-corrected chi connectivity index (χ4v) is 2.24. The molecule has 2 N–H and O–H groups in total. The lowest BCUT2D eigenvalue weighted by Gasteiger charge is -2.15. The number of nitrogens with one attached hydrogen (secondary N) is 1. The Morgan fingerprint density at radius 2 is 2.33 bits per heavy atom. The molecule has 0 aliphatic carbocycles. The van der Waals surface area contributed by atoms with E-state index < -0.39 is 11.4 Å². The number of rotatable bonds is 7. The van der Waals surface area contributed by atoms with Gasteiger partial charge in [-0.2, -0.15) is 0 Å². The maximum atomic E-state index is 11.1. The highest BCUT2D eigenvalue weighted by Crippen LogP contribution is 2.27. The molecule has 1 unspecified atom stereocenters. The van der Waals surface area contributed by atoms with Gasteiger partial charge in [-0.25, -0.2) is 4.98 Å². The van der Waals surface area contributed by atoms with Crippen LogP contribution < -0.4 is 5.32 Å². The molecule has 0 spiro atoms. The summed E-state index contributed by atoms with van der Waals surface area (Å²) in [4.78, 5) is 15.4. The van der Waals surface area contributed by atoms with Crippen molar-refractivity contribution in [2.24, 2.45) is 5.92 Å². The van der Waals surface area contributed by atoms with Gasteiger partial charge in [-0.1, -0.05) is 6.92 Å². The third kappa shape index (κ3) is 3.68. The van der Waals surface area contributed by atoms with E-state index in [2.05, 4.69) is 17.2 Å². The zero-order valence-electron chi connectivity index (χ0n) is 11.2. The number of thiazole rings is 1. The maximum absolute atomic E-state index is 11.1. The number of carboxylic acids is 1. The van der Waals surface area contributed by atoms with Crippen LogP contribution in [-0.2, 0) is 14.9 Å². The molecule has 102 valence electrons. The highest BCUT2D eigenvalue weighted by atomic mass is 32.1. The Hall–Kier alpha value is -1.14. The first kappa shape index (κ1) is 14.9. The van der Waals surface area contributed by atoms with Gasteiger partial charge in [0.25, 0.3) is 0 Å². The Labute approximate surface area is 111 Å². The van der Waals surface area contributed by atoms with Gasteiger partial charge in [-0.3, -0.25) is 4.79 Å². The van der Waals surface area contributed by atoms with Crippen LogP contribution in [0.15, 0.2) is 5.38 Å². The molecule has 1 atom stereocenters. The van der Waals surface area contributed by atoms with Crippen molar-refractivity contribution in [2.75, 3.05) is 25.6 Å². The first-order chi connectivity index (χ1) is 8.37. The van der Waals surface area contributed by atoms with Crippen molar-refractivity contribution in [1.82, 2.24) is 4.98 Å². The van der Waals surface area contributed by atoms with E-state index in [-0.39, 0.29) is 0 Å². The third-order valence-corrected chi connectivity index (χ3v) is 3.53. The smallest absolute Gasteiger partial charge is 0.315 e. The molecule has 0 saturated heterocycles. The number of nitrogens with zero attached hydrogens (tertiary/aromatic N) is 1. The van der Waals surface area contributed by atoms with Crippen LogP contribution in [0, 0.1) is 5.92 Å². The van der Waals surface area contributed by atoms with E-state index in [4.69, 9.17) is 9.84 Å². The Bertz CT molecular complexity index is 404. The van der Waals surface area contributed by atoms with Gasteiger partial charge >= 0.3 is 5.97 Å². The Kier molecular flexibility index (Phi) is 5.10. The Morgan fingerprint density at radius 3 is 2.89 bits per heavy atom. The molecule has 0 saturated carbocycles. The number of hydrogen-bond donors (Lipinski definition) is 2. The molecule has 1 rings (SSSR count). The standard InChI is InChI=1S/C12H20N2O3S/c1-8(6-17-4)5-13-11-14-9(7-18-11)12(2,3)10(15)16/h7-8H,5-6H2,1-4H3,(H,13,14)(H,15,16). The number of anilines is 1. The van der Waals surface area contributed by atoms with Gasteiger partial charge in [-0.05, 0) is 19.8 Å². The first-order valence-electron chi connectivity index (χ1n) is 5.80. The predicted octanol–water partition coefficient (Wildman–Crippen LogP) is 2.20. The highest BCUT2D eigenvalue weighted by molar-refractivity contribution is 7.13. The van der Waals surface area contributed by atoms with Crippen LogP contribution in [0.5, 0.6) is 0 Å². The van der Waals surface area contributed by atoms with Crippen LogP contribution in [0.3, 0.4) is 0 Å². The molecule has 18 heavy (non-hydrogen) atoms. The minimum Gasteiger partial charge on any atom is -0.481 e. The molecule has 0 aromatic carbocycles. The van der Waals surface area contributed by atoms with E-state index in [1.807, 2.05) is 0 Å². The van der Waals surface area contributed by atoms with Gasteiger partial charge in [-0.15, -0.1) is 11.3 Å². The number of carboxylic acid groups (broad SMARTS) is 1. The summed E-state index contributed by atoms with van der Waals surface area (Å²) in [5.74, 6) is -0.484. The van der Waals surface area contributed by atoms with Crippen LogP contribution in [0.25, 0.3) is 0 Å². The van der Waals surface area contributed by atoms with Crippen molar-refractivity contribution in [2.45, 2.75) is 26.2 Å². The molecular formula is C12H20N2O3S. The molecule has 1 aromatic heterocycles. The monoisotopic (exact) mass is 272 g/mol. The predicted molar refractivity (Wildman–Crippen MR) is 72.3 cm³/mol. The molecular weight excluding hydrogens is 252 g/mol. The van der Waals surface area contributed by atoms with E-state index in [1.54, 1.807) is 26.3 Å². The van der Waals surface area contributed by atoms with Gasteiger partial charge in [0.1, 0.15) is 5.41 Å². The molecule has 0 aliphatic rings. The molecule has 1 heterocycles. The van der Waals surface area contributed by atoms with Crippen molar-refractivity contribution in [3.05, 3.63) is 11.1 Å². The van der Waals surface area contributed by atoms with E-state index >= 15 is 0 Å². The first-order valence-corrected chi connectivity index (χ1v) is 6.68. The summed E-state index contributed by atoms with van der Waals surface area (Å²) in [5.41, 5.74) is -0.365. The van der Waals surface area contributed by atoms with Gasteiger partial charge in [0.05, 0.1) is 12.3 Å². The lowest BCUT2D eigenvalue weighted by atomic mass is 9.90. The summed E-state index contributed by atoms with van der Waals surface area (Å²) in [7, 11) is 1.67. The lowest BCUT2D eigenvalue weighted by Crippen LogP contribution is -2.28. The van der Waals surface area contributed by atoms with Crippen molar-refractivity contribution in [1.29, 1.82) is 0 Å². The number of aromatic nitrogens is 1. The number of hydrogen-bond acceptors (Lipinski definition) is 5. The zero-order valence-corrected chi connectivity index (χ0v) is 12.0. The summed E-state index contributed by atoms with van der Waals surface area (Å²) in [6.45, 7) is 6.83. The normalized spacial score (nSPS) is 13.3. The molecule has 1 aromatic rings. The van der Waals surface area contributed by atoms with Crippen molar-refractivity contribution < 1.29 is 14.6 Å². The van der Waals surface area contributed by atoms with Gasteiger partial charge < -0.3 is 15.2 Å². The van der Waals surface area contributed by atoms with Gasteiger partial charge in [0.2, 0.25) is 0 Å². The van der Waals surface area contributed by atoms with E-state index in [0.29, 0.717) is 18.2 Å². The number of carbonyl (C=O) groups is 1. The summed E-state index contributed by atoms with van der Waals surface area (Å²) < 4.78 is 5.05. The number of ether oxygens (including phenoxy) is 1. The topological polar surface area (TPSA) is 71.5 Å². The van der Waals surface area contributed by atoms with Crippen LogP contribution >= 0.6 is 11.3 Å². The van der Waals surface area contributed by atoms with Crippen LogP contribution in [0.2, 0.25) is 0 Å². The van der Waals surface area contributed by atoms with Crippen molar-refractivity contribution in [3.8, 4) is 0 Å². The molecule has 0 amide bonds. The molecule has 6 heteroatoms. The molecule has 0 radical (unpaired) electrons. The quantitative estimate of drug-likeness (QED) is 0.796. The van der Waals surface area contributed by atoms with E-state index in [1.165, 1.54) is 11.3 Å². The van der Waals surface area contributed by atoms with Crippen LogP contribution in [0.1, 0.15) is 26.5 Å². The van der Waals surface area contributed by atoms with Crippen LogP contribution in [-0.4, -0.2) is 36.3 Å². The molecule has 0 aliphatic heterocycles. The summed E-state index contributed by atoms with van der Waals surface area (Å²) in [5, 5.41) is 14.9. The van der Waals surface area contributed by atoms with Gasteiger partial charge in [0, 0.05) is 19.0 Å². The molecule has 0 bridgehead atoms. The SMILES string of the molecule is COCC(C)CNc1nc(C(C)(C)C(=O)O)cs1. The maximum Gasteiger partial charge on any atom is 0.315 e.